The molecule has 0 bridgehead atoms. The van der Waals surface area contributed by atoms with E-state index in [0.717, 1.165) is 101 Å². The molecule has 2 heteroatoms. The minimum atomic E-state index is 0.480. The summed E-state index contributed by atoms with van der Waals surface area (Å²) < 4.78 is 0. The average Bonchev–Trinajstić information content (AvgIpc) is 3.92. The Morgan fingerprint density at radius 1 is 0.604 bits per heavy atom. The third-order valence-corrected chi connectivity index (χ3v) is 24.9. The number of fused-ring (bicyclic) bond motifs is 1. The first-order chi connectivity index (χ1) is 23.7. The quantitative estimate of drug-likeness (QED) is 0.276. The van der Waals surface area contributed by atoms with Gasteiger partial charge >= 0.3 is 0 Å². The van der Waals surface area contributed by atoms with Gasteiger partial charge in [0.05, 0.1) is 0 Å². The van der Waals surface area contributed by atoms with Gasteiger partial charge in [-0.2, -0.15) is 0 Å². The van der Waals surface area contributed by atoms with Gasteiger partial charge in [-0.1, -0.05) is 29.4 Å². The van der Waals surface area contributed by atoms with Gasteiger partial charge in [-0.05, 0) is 223 Å². The molecule has 17 aliphatic rings. The lowest BCUT2D eigenvalue weighted by Gasteiger charge is -2.63. The maximum absolute atomic E-state index is 3.23. The van der Waals surface area contributed by atoms with E-state index in [2.05, 4.69) is 64.1 Å². The first-order valence-corrected chi connectivity index (χ1v) is 22.7. The van der Waals surface area contributed by atoms with E-state index in [4.69, 9.17) is 0 Å². The zero-order chi connectivity index (χ0) is 29.7. The molecular weight excluding hydrogens is 599 g/mol. The highest BCUT2D eigenvalue weighted by molar-refractivity contribution is 7.10. The van der Waals surface area contributed by atoms with E-state index < -0.39 is 0 Å². The number of hydrogen-bond donors (Lipinski definition) is 0. The van der Waals surface area contributed by atoms with Crippen LogP contribution in [0.5, 0.6) is 0 Å². The summed E-state index contributed by atoms with van der Waals surface area (Å²) in [6, 6.07) is 5.66. The van der Waals surface area contributed by atoms with Crippen LogP contribution in [0.3, 0.4) is 0 Å². The van der Waals surface area contributed by atoms with Crippen LogP contribution in [0, 0.1) is 171 Å². The van der Waals surface area contributed by atoms with E-state index in [-0.39, 0.29) is 0 Å². The Hall–Kier alpha value is -0.860. The maximum atomic E-state index is 3.23. The fraction of sp³-hybridized carbons (Fsp3) is 0.826. The van der Waals surface area contributed by atoms with Gasteiger partial charge in [0.2, 0.25) is 0 Å². The predicted octanol–water partition coefficient (Wildman–Crippen LogP) is 8.39. The predicted molar refractivity (Wildman–Crippen MR) is 184 cm³/mol. The first kappa shape index (κ1) is 24.4. The Morgan fingerprint density at radius 2 is 1.25 bits per heavy atom. The topological polar surface area (TPSA) is 3.24 Å². The van der Waals surface area contributed by atoms with Crippen molar-refractivity contribution in [2.45, 2.75) is 44.6 Å². The number of thiophene rings is 1. The molecule has 2 heterocycles. The first-order valence-electron chi connectivity index (χ1n) is 21.9. The van der Waals surface area contributed by atoms with Crippen LogP contribution < -0.4 is 0 Å². The van der Waals surface area contributed by atoms with Crippen LogP contribution >= 0.6 is 11.3 Å². The third kappa shape index (κ3) is 1.95. The zero-order valence-corrected chi connectivity index (χ0v) is 29.3. The van der Waals surface area contributed by atoms with Crippen LogP contribution in [0.1, 0.15) is 49.4 Å². The number of nitrogens with zero attached hydrogens (tertiary/aromatic N) is 1. The molecule has 1 spiro atoms. The Morgan fingerprint density at radius 3 is 2.04 bits per heavy atom. The maximum Gasteiger partial charge on any atom is 0.0478 e. The van der Waals surface area contributed by atoms with Crippen molar-refractivity contribution in [2.75, 3.05) is 13.6 Å². The van der Waals surface area contributed by atoms with E-state index >= 15 is 0 Å². The van der Waals surface area contributed by atoms with Gasteiger partial charge in [0, 0.05) is 22.9 Å². The molecule has 0 radical (unpaired) electrons. The molecule has 15 fully saturated rings. The molecule has 1 saturated heterocycles. The summed E-state index contributed by atoms with van der Waals surface area (Å²) in [5.74, 6) is 31.4. The van der Waals surface area contributed by atoms with E-state index in [1.165, 1.54) is 78.1 Å². The van der Waals surface area contributed by atoms with E-state index in [9.17, 15) is 0 Å². The van der Waals surface area contributed by atoms with E-state index in [1.54, 1.807) is 37.0 Å². The molecule has 16 aliphatic carbocycles. The van der Waals surface area contributed by atoms with Crippen LogP contribution in [0.2, 0.25) is 0 Å². The zero-order valence-electron chi connectivity index (χ0n) is 28.4. The van der Waals surface area contributed by atoms with Gasteiger partial charge in [0.25, 0.3) is 0 Å². The molecule has 1 nitrogen and oxygen atoms in total. The van der Waals surface area contributed by atoms with E-state index in [0.29, 0.717) is 11.5 Å². The molecule has 18 rings (SSSR count). The van der Waals surface area contributed by atoms with Crippen molar-refractivity contribution in [3.8, 4) is 0 Å². The summed E-state index contributed by atoms with van der Waals surface area (Å²) in [5.41, 5.74) is 4.72. The van der Waals surface area contributed by atoms with Gasteiger partial charge in [0.15, 0.2) is 0 Å². The summed E-state index contributed by atoms with van der Waals surface area (Å²) >= 11 is 2.12. The molecular formula is C46H51NS. The van der Waals surface area contributed by atoms with Crippen molar-refractivity contribution in [3.63, 3.8) is 0 Å². The molecule has 1 aromatic heterocycles. The lowest BCUT2D eigenvalue weighted by molar-refractivity contribution is -0.158. The minimum Gasteiger partial charge on any atom is -0.297 e. The van der Waals surface area contributed by atoms with Crippen molar-refractivity contribution >= 4 is 11.3 Å². The second kappa shape index (κ2) is 6.85. The van der Waals surface area contributed by atoms with Crippen molar-refractivity contribution in [3.05, 3.63) is 45.7 Å². The fourth-order valence-corrected chi connectivity index (χ4v) is 26.7. The smallest absolute Gasteiger partial charge is 0.0478 e. The Kier molecular flexibility index (Phi) is 3.48. The third-order valence-electron chi connectivity index (χ3n) is 24.0. The highest BCUT2D eigenvalue weighted by atomic mass is 32.1. The lowest BCUT2D eigenvalue weighted by atomic mass is 9.40. The van der Waals surface area contributed by atoms with Crippen LogP contribution in [0.25, 0.3) is 0 Å². The van der Waals surface area contributed by atoms with Crippen molar-refractivity contribution in [2.24, 2.45) is 171 Å². The summed E-state index contributed by atoms with van der Waals surface area (Å²) in [6.45, 7) is 1.40. The minimum absolute atomic E-state index is 0.480. The summed E-state index contributed by atoms with van der Waals surface area (Å²) in [6.07, 6.45) is 16.2. The van der Waals surface area contributed by atoms with Crippen molar-refractivity contribution < 1.29 is 0 Å². The van der Waals surface area contributed by atoms with Crippen LogP contribution in [0.4, 0.5) is 0 Å². The van der Waals surface area contributed by atoms with Gasteiger partial charge in [-0.3, -0.25) is 4.90 Å². The number of likely N-dealkylation sites (tertiary alicyclic amines) is 1. The lowest BCUT2D eigenvalue weighted by Crippen LogP contribution is -2.61. The van der Waals surface area contributed by atoms with Crippen molar-refractivity contribution in [1.29, 1.82) is 0 Å². The standard InChI is InChI=1S/C46H51NS/c1-47-13-46-12-20-10-18-8-15-5-14-6-17-7-16-9-19-11-21(43(46)45(47)22-3-2-4-48-22)30-35-26(19)25(16)32-27(17)31-23(14)24(15)33-28(18)34-29(20)44(46)42(30)41-39(34)37(33)36(31)38(32)40(35)41/h2-4,9,12,14-18,21,23-45H,5-8,10-11,13H2,1H3. The second-order valence-corrected chi connectivity index (χ2v) is 24.1. The molecule has 0 aromatic carbocycles. The Labute approximate surface area is 290 Å². The molecule has 0 amide bonds. The Balaban J connectivity index is 0.991. The largest absolute Gasteiger partial charge is 0.297 e. The van der Waals surface area contributed by atoms with Gasteiger partial charge in [-0.15, -0.1) is 11.3 Å². The molecule has 30 unspecified atom stereocenters. The molecule has 48 heavy (non-hydrogen) atoms. The molecule has 1 aliphatic heterocycles. The van der Waals surface area contributed by atoms with Crippen LogP contribution in [0.15, 0.2) is 40.8 Å². The average molecular weight is 650 g/mol. The van der Waals surface area contributed by atoms with E-state index in [1.807, 2.05) is 0 Å². The number of rotatable bonds is 1. The van der Waals surface area contributed by atoms with Gasteiger partial charge < -0.3 is 0 Å². The summed E-state index contributed by atoms with van der Waals surface area (Å²) in [4.78, 5) is 4.72. The van der Waals surface area contributed by atoms with Crippen LogP contribution in [-0.4, -0.2) is 18.5 Å². The number of allylic oxidation sites excluding steroid dienone is 3. The molecule has 30 atom stereocenters. The highest BCUT2D eigenvalue weighted by Crippen LogP contribution is 2.93. The molecule has 14 saturated carbocycles. The van der Waals surface area contributed by atoms with Crippen LogP contribution in [-0.2, 0) is 0 Å². The second-order valence-electron chi connectivity index (χ2n) is 23.2. The van der Waals surface area contributed by atoms with Crippen molar-refractivity contribution in [1.82, 2.24) is 4.90 Å². The summed E-state index contributed by atoms with van der Waals surface area (Å²) in [7, 11) is 2.60. The van der Waals surface area contributed by atoms with Gasteiger partial charge in [0.1, 0.15) is 0 Å². The monoisotopic (exact) mass is 649 g/mol. The fourth-order valence-electron chi connectivity index (χ4n) is 25.7. The highest BCUT2D eigenvalue weighted by Gasteiger charge is 2.89. The molecule has 0 N–H and O–H groups in total. The SMILES string of the molecule is CN1CC23C=C4CC5CC6CC7CC8CC9C=C%10CC(C%11C%12C%10C9C9C8C8C7C6C6C5C5C4C2C%11C2C%12C9C8C6C52)C3C1c1cccs1. The number of hydrogen-bond acceptors (Lipinski definition) is 2. The molecule has 246 valence electrons. The Bertz CT molecular complexity index is 1890. The van der Waals surface area contributed by atoms with Gasteiger partial charge in [-0.25, -0.2) is 0 Å². The normalized spacial score (nSPS) is 77.1. The summed E-state index contributed by atoms with van der Waals surface area (Å²) in [5, 5.41) is 2.43. The molecule has 1 aromatic rings.